The number of carboxylic acids is 1. The molecule has 2 aliphatic rings. The van der Waals surface area contributed by atoms with Crippen molar-refractivity contribution < 1.29 is 14.7 Å². The highest BCUT2D eigenvalue weighted by atomic mass is 79.9. The van der Waals surface area contributed by atoms with Crippen LogP contribution in [-0.2, 0) is 9.59 Å². The van der Waals surface area contributed by atoms with Crippen LogP contribution >= 0.6 is 15.9 Å². The molecule has 2 aliphatic carbocycles. The third-order valence-electron chi connectivity index (χ3n) is 5.08. The molecule has 2 bridgehead atoms. The zero-order valence-corrected chi connectivity index (χ0v) is 10.7. The smallest absolute Gasteiger partial charge is 0.153 e. The van der Waals surface area contributed by atoms with Crippen LogP contribution in [0.4, 0.5) is 0 Å². The van der Waals surface area contributed by atoms with Gasteiger partial charge in [0.2, 0.25) is 0 Å². The van der Waals surface area contributed by atoms with Crippen molar-refractivity contribution in [1.29, 1.82) is 0 Å². The van der Waals surface area contributed by atoms with Crippen molar-refractivity contribution in [2.75, 3.05) is 0 Å². The van der Waals surface area contributed by atoms with Crippen molar-refractivity contribution in [3.63, 3.8) is 0 Å². The van der Waals surface area contributed by atoms with Crippen LogP contribution in [0.25, 0.3) is 0 Å². The van der Waals surface area contributed by atoms with Gasteiger partial charge in [-0.25, -0.2) is 0 Å². The fourth-order valence-corrected chi connectivity index (χ4v) is 4.90. The minimum Gasteiger partial charge on any atom is -0.549 e. The lowest BCUT2D eigenvalue weighted by Gasteiger charge is -2.41. The molecule has 0 aromatic rings. The Morgan fingerprint density at radius 3 is 2.20 bits per heavy atom. The molecule has 84 valence electrons. The molecule has 2 rings (SSSR count). The number of carbonyl (C=O) groups excluding carboxylic acids is 2. The van der Waals surface area contributed by atoms with E-state index in [0.29, 0.717) is 12.8 Å². The number of hydrogen-bond acceptors (Lipinski definition) is 3. The average Bonchev–Trinajstić information content (AvgIpc) is 2.39. The molecule has 2 saturated carbocycles. The lowest BCUT2D eigenvalue weighted by molar-refractivity contribution is -0.322. The summed E-state index contributed by atoms with van der Waals surface area (Å²) in [6.07, 6.45) is 1.18. The monoisotopic (exact) mass is 273 g/mol. The Morgan fingerprint density at radius 1 is 1.40 bits per heavy atom. The fourth-order valence-electron chi connectivity index (χ4n) is 3.40. The van der Waals surface area contributed by atoms with Gasteiger partial charge < -0.3 is 9.90 Å². The van der Waals surface area contributed by atoms with E-state index in [-0.39, 0.29) is 5.78 Å². The zero-order chi connectivity index (χ0) is 11.6. The van der Waals surface area contributed by atoms with Crippen LogP contribution in [0.1, 0.15) is 33.6 Å². The maximum atomic E-state index is 12.1. The summed E-state index contributed by atoms with van der Waals surface area (Å²) >= 11 is 3.26. The van der Waals surface area contributed by atoms with Gasteiger partial charge in [-0.15, -0.1) is 0 Å². The molecule has 0 aromatic carbocycles. The first-order valence-corrected chi connectivity index (χ1v) is 6.03. The Bertz CT molecular complexity index is 363. The van der Waals surface area contributed by atoms with Gasteiger partial charge >= 0.3 is 0 Å². The molecule has 0 aromatic heterocycles. The normalized spacial score (nSPS) is 47.2. The highest BCUT2D eigenvalue weighted by molar-refractivity contribution is 9.10. The van der Waals surface area contributed by atoms with Crippen LogP contribution in [0.3, 0.4) is 0 Å². The van der Waals surface area contributed by atoms with Gasteiger partial charge in [0.05, 0.1) is 4.83 Å². The van der Waals surface area contributed by atoms with E-state index >= 15 is 0 Å². The van der Waals surface area contributed by atoms with Gasteiger partial charge in [-0.1, -0.05) is 36.7 Å². The molecule has 2 fully saturated rings. The van der Waals surface area contributed by atoms with E-state index in [4.69, 9.17) is 0 Å². The van der Waals surface area contributed by atoms with Crippen molar-refractivity contribution in [2.24, 2.45) is 16.2 Å². The van der Waals surface area contributed by atoms with Gasteiger partial charge in [-0.2, -0.15) is 0 Å². The number of carbonyl (C=O) groups is 2. The van der Waals surface area contributed by atoms with E-state index in [0.717, 1.165) is 0 Å². The van der Waals surface area contributed by atoms with Crippen LogP contribution in [0.15, 0.2) is 0 Å². The zero-order valence-electron chi connectivity index (χ0n) is 9.09. The van der Waals surface area contributed by atoms with Gasteiger partial charge in [0.25, 0.3) is 0 Å². The van der Waals surface area contributed by atoms with E-state index in [9.17, 15) is 14.7 Å². The molecule has 0 saturated heterocycles. The third-order valence-corrected chi connectivity index (χ3v) is 6.28. The average molecular weight is 274 g/mol. The number of rotatable bonds is 1. The second-order valence-corrected chi connectivity index (χ2v) is 6.36. The number of alkyl halides is 1. The summed E-state index contributed by atoms with van der Waals surface area (Å²) in [5, 5.41) is 11.4. The second kappa shape index (κ2) is 2.65. The highest BCUT2D eigenvalue weighted by Crippen LogP contribution is 2.71. The predicted octanol–water partition coefficient (Wildman–Crippen LogP) is 0.895. The van der Waals surface area contributed by atoms with Gasteiger partial charge in [0, 0.05) is 16.8 Å². The number of Topliss-reactive ketones (excluding diaryl/α,β-unsaturated/α-hetero) is 1. The summed E-state index contributed by atoms with van der Waals surface area (Å²) in [4.78, 5) is 22.9. The van der Waals surface area contributed by atoms with E-state index in [1.807, 2.05) is 20.8 Å². The minimum atomic E-state index is -1.09. The van der Waals surface area contributed by atoms with Crippen LogP contribution < -0.4 is 5.11 Å². The third kappa shape index (κ3) is 0.846. The SMILES string of the molecule is CC1(C)[C@@]2(C)CC[C@]1(C(=O)[O-])[C@H](Br)C2=O. The first-order chi connectivity index (χ1) is 6.72. The molecule has 0 N–H and O–H groups in total. The van der Waals surface area contributed by atoms with Gasteiger partial charge in [-0.3, -0.25) is 4.79 Å². The Balaban J connectivity index is 2.68. The Labute approximate surface area is 97.4 Å². The van der Waals surface area contributed by atoms with E-state index < -0.39 is 27.0 Å². The molecular formula is C11H14BrO3-. The molecule has 0 radical (unpaired) electrons. The number of ketones is 1. The number of aliphatic carboxylic acids is 1. The molecule has 0 unspecified atom stereocenters. The standard InChI is InChI=1S/C11H15BrO3/c1-9(2)10(3)4-5-11(9,8(14)15)6(12)7(10)13/h6H,4-5H2,1-3H3,(H,14,15)/p-1/t6-,10+,11-/m1/s1. The second-order valence-electron chi connectivity index (χ2n) is 5.44. The van der Waals surface area contributed by atoms with Crippen molar-refractivity contribution >= 4 is 27.7 Å². The first-order valence-electron chi connectivity index (χ1n) is 5.12. The summed E-state index contributed by atoms with van der Waals surface area (Å²) < 4.78 is 0. The van der Waals surface area contributed by atoms with E-state index in [2.05, 4.69) is 15.9 Å². The maximum Gasteiger partial charge on any atom is 0.153 e. The topological polar surface area (TPSA) is 57.2 Å². The molecular weight excluding hydrogens is 260 g/mol. The molecule has 0 aliphatic heterocycles. The largest absolute Gasteiger partial charge is 0.549 e. The summed E-state index contributed by atoms with van der Waals surface area (Å²) in [6, 6.07) is 0. The Morgan fingerprint density at radius 2 is 1.93 bits per heavy atom. The molecule has 0 heterocycles. The van der Waals surface area contributed by atoms with Crippen molar-refractivity contribution in [3.8, 4) is 0 Å². The van der Waals surface area contributed by atoms with Crippen molar-refractivity contribution in [1.82, 2.24) is 0 Å². The first kappa shape index (κ1) is 11.1. The molecule has 3 nitrogen and oxygen atoms in total. The highest BCUT2D eigenvalue weighted by Gasteiger charge is 2.74. The molecule has 4 heteroatoms. The maximum absolute atomic E-state index is 12.1. The Kier molecular flexibility index (Phi) is 1.96. The summed E-state index contributed by atoms with van der Waals surface area (Å²) in [5.41, 5.74) is -2.09. The van der Waals surface area contributed by atoms with Crippen LogP contribution in [-0.4, -0.2) is 16.6 Å². The van der Waals surface area contributed by atoms with Gasteiger partial charge in [0.1, 0.15) is 0 Å². The number of carboxylic acid groups (broad SMARTS) is 1. The minimum absolute atomic E-state index is 0.0166. The fraction of sp³-hybridized carbons (Fsp3) is 0.818. The van der Waals surface area contributed by atoms with E-state index in [1.165, 1.54) is 0 Å². The number of hydrogen-bond donors (Lipinski definition) is 0. The van der Waals surface area contributed by atoms with Gasteiger partial charge in [-0.05, 0) is 18.3 Å². The summed E-state index contributed by atoms with van der Waals surface area (Å²) in [6.45, 7) is 5.62. The lowest BCUT2D eigenvalue weighted by atomic mass is 9.65. The summed E-state index contributed by atoms with van der Waals surface area (Å²) in [5.74, 6) is -1.08. The van der Waals surface area contributed by atoms with Crippen molar-refractivity contribution in [2.45, 2.75) is 38.4 Å². The number of fused-ring (bicyclic) bond motifs is 2. The Hall–Kier alpha value is -0.380. The predicted molar refractivity (Wildman–Crippen MR) is 56.3 cm³/mol. The lowest BCUT2D eigenvalue weighted by Crippen LogP contribution is -2.52. The van der Waals surface area contributed by atoms with Crippen LogP contribution in [0.2, 0.25) is 0 Å². The summed E-state index contributed by atoms with van der Waals surface area (Å²) in [7, 11) is 0. The molecule has 15 heavy (non-hydrogen) atoms. The molecule has 3 atom stereocenters. The molecule has 0 spiro atoms. The quantitative estimate of drug-likeness (QED) is 0.667. The van der Waals surface area contributed by atoms with Crippen LogP contribution in [0.5, 0.6) is 0 Å². The number of halogens is 1. The van der Waals surface area contributed by atoms with Crippen molar-refractivity contribution in [3.05, 3.63) is 0 Å². The van der Waals surface area contributed by atoms with Crippen LogP contribution in [0, 0.1) is 16.2 Å². The van der Waals surface area contributed by atoms with E-state index in [1.54, 1.807) is 0 Å². The molecule has 0 amide bonds. The van der Waals surface area contributed by atoms with Gasteiger partial charge in [0.15, 0.2) is 5.78 Å².